The van der Waals surface area contributed by atoms with Crippen LogP contribution in [0.25, 0.3) is 0 Å². The predicted octanol–water partition coefficient (Wildman–Crippen LogP) is 3.87. The molecule has 1 aliphatic rings. The van der Waals surface area contributed by atoms with Crippen LogP contribution in [0.15, 0.2) is 47.4 Å². The molecule has 2 aromatic carbocycles. The molecule has 20 heavy (non-hydrogen) atoms. The second-order valence-corrected chi connectivity index (χ2v) is 6.02. The molecule has 1 unspecified atom stereocenters. The number of benzene rings is 2. The van der Waals surface area contributed by atoms with Crippen LogP contribution in [0, 0.1) is 0 Å². The summed E-state index contributed by atoms with van der Waals surface area (Å²) in [4.78, 5) is 13.5. The largest absolute Gasteiger partial charge is 0.508 e. The molecule has 0 aromatic heterocycles. The van der Waals surface area contributed by atoms with E-state index in [1.807, 2.05) is 24.3 Å². The monoisotopic (exact) mass is 305 g/mol. The number of aromatic hydroxyl groups is 1. The number of phenolic OH excluding ortho intramolecular Hbond substituents is 1. The molecule has 0 fully saturated rings. The van der Waals surface area contributed by atoms with Gasteiger partial charge in [0.15, 0.2) is 0 Å². The molecule has 0 spiro atoms. The molecule has 3 nitrogen and oxygen atoms in total. The first-order valence-corrected chi connectivity index (χ1v) is 7.52. The number of amides is 1. The van der Waals surface area contributed by atoms with Gasteiger partial charge in [0.2, 0.25) is 5.91 Å². The summed E-state index contributed by atoms with van der Waals surface area (Å²) in [5.74, 6) is 0.576. The van der Waals surface area contributed by atoms with Crippen LogP contribution in [-0.4, -0.2) is 16.8 Å². The standard InChI is InChI=1S/C15H12ClNO2S/c16-12-7-9(18)5-6-13(12)17-15(19)11-8-20-14-4-2-1-3-10(11)14/h1-7,11,18H,8H2,(H,17,19). The first kappa shape index (κ1) is 13.3. The number of halogens is 1. The quantitative estimate of drug-likeness (QED) is 0.828. The zero-order chi connectivity index (χ0) is 14.1. The molecule has 0 saturated heterocycles. The summed E-state index contributed by atoms with van der Waals surface area (Å²) in [5.41, 5.74) is 1.58. The number of carbonyl (C=O) groups is 1. The predicted molar refractivity (Wildman–Crippen MR) is 81.7 cm³/mol. The van der Waals surface area contributed by atoms with Crippen molar-refractivity contribution in [3.63, 3.8) is 0 Å². The molecular weight excluding hydrogens is 294 g/mol. The fourth-order valence-electron chi connectivity index (χ4n) is 2.20. The lowest BCUT2D eigenvalue weighted by Gasteiger charge is -2.12. The van der Waals surface area contributed by atoms with E-state index in [9.17, 15) is 9.90 Å². The third kappa shape index (κ3) is 2.49. The normalized spacial score (nSPS) is 16.8. The number of fused-ring (bicyclic) bond motifs is 1. The molecule has 102 valence electrons. The Balaban J connectivity index is 1.81. The molecular formula is C15H12ClNO2S. The van der Waals surface area contributed by atoms with Crippen LogP contribution in [-0.2, 0) is 4.79 Å². The van der Waals surface area contributed by atoms with Crippen LogP contribution in [0.5, 0.6) is 5.75 Å². The van der Waals surface area contributed by atoms with Crippen molar-refractivity contribution >= 4 is 35.0 Å². The molecule has 2 N–H and O–H groups in total. The fourth-order valence-corrected chi connectivity index (χ4v) is 3.66. The second kappa shape index (κ2) is 5.38. The minimum Gasteiger partial charge on any atom is -0.508 e. The van der Waals surface area contributed by atoms with Crippen LogP contribution >= 0.6 is 23.4 Å². The summed E-state index contributed by atoms with van der Waals surface area (Å²) in [6, 6.07) is 12.4. The summed E-state index contributed by atoms with van der Waals surface area (Å²) in [6.07, 6.45) is 0. The van der Waals surface area contributed by atoms with Gasteiger partial charge in [-0.3, -0.25) is 4.79 Å². The molecule has 1 amide bonds. The van der Waals surface area contributed by atoms with Gasteiger partial charge in [-0.1, -0.05) is 29.8 Å². The molecule has 0 saturated carbocycles. The lowest BCUT2D eigenvalue weighted by Crippen LogP contribution is -2.21. The maximum absolute atomic E-state index is 12.4. The van der Waals surface area contributed by atoms with Gasteiger partial charge in [0.05, 0.1) is 16.6 Å². The number of phenols is 1. The van der Waals surface area contributed by atoms with Gasteiger partial charge in [-0.15, -0.1) is 11.8 Å². The number of nitrogens with one attached hydrogen (secondary N) is 1. The van der Waals surface area contributed by atoms with Crippen molar-refractivity contribution in [3.05, 3.63) is 53.1 Å². The Labute approximate surface area is 126 Å². The third-order valence-electron chi connectivity index (χ3n) is 3.23. The highest BCUT2D eigenvalue weighted by Gasteiger charge is 2.29. The van der Waals surface area contributed by atoms with Gasteiger partial charge in [-0.2, -0.15) is 0 Å². The zero-order valence-corrected chi connectivity index (χ0v) is 12.0. The van der Waals surface area contributed by atoms with Crippen LogP contribution in [0.4, 0.5) is 5.69 Å². The first-order chi connectivity index (χ1) is 9.65. The first-order valence-electron chi connectivity index (χ1n) is 6.16. The van der Waals surface area contributed by atoms with E-state index in [-0.39, 0.29) is 17.6 Å². The average molecular weight is 306 g/mol. The Morgan fingerprint density at radius 3 is 2.90 bits per heavy atom. The van der Waals surface area contributed by atoms with Gasteiger partial charge in [-0.25, -0.2) is 0 Å². The number of hydrogen-bond donors (Lipinski definition) is 2. The van der Waals surface area contributed by atoms with Gasteiger partial charge in [0.25, 0.3) is 0 Å². The van der Waals surface area contributed by atoms with Gasteiger partial charge in [0.1, 0.15) is 5.75 Å². The van der Waals surface area contributed by atoms with Gasteiger partial charge >= 0.3 is 0 Å². The smallest absolute Gasteiger partial charge is 0.232 e. The van der Waals surface area contributed by atoms with Crippen molar-refractivity contribution in [2.45, 2.75) is 10.8 Å². The van der Waals surface area contributed by atoms with Gasteiger partial charge in [-0.05, 0) is 23.8 Å². The van der Waals surface area contributed by atoms with Crippen molar-refractivity contribution in [2.24, 2.45) is 0 Å². The lowest BCUT2D eigenvalue weighted by molar-refractivity contribution is -0.117. The van der Waals surface area contributed by atoms with E-state index in [2.05, 4.69) is 5.32 Å². The molecule has 2 aromatic rings. The lowest BCUT2D eigenvalue weighted by atomic mass is 10.0. The number of hydrogen-bond acceptors (Lipinski definition) is 3. The summed E-state index contributed by atoms with van der Waals surface area (Å²) in [5, 5.41) is 12.5. The number of thioether (sulfide) groups is 1. The van der Waals surface area contributed by atoms with Crippen molar-refractivity contribution < 1.29 is 9.90 Å². The molecule has 0 aliphatic carbocycles. The van der Waals surface area contributed by atoms with E-state index >= 15 is 0 Å². The molecule has 3 rings (SSSR count). The number of carbonyl (C=O) groups excluding carboxylic acids is 1. The van der Waals surface area contributed by atoms with E-state index in [0.717, 1.165) is 16.2 Å². The summed E-state index contributed by atoms with van der Waals surface area (Å²) in [7, 11) is 0. The summed E-state index contributed by atoms with van der Waals surface area (Å²) < 4.78 is 0. The maximum atomic E-state index is 12.4. The van der Waals surface area contributed by atoms with E-state index in [0.29, 0.717) is 10.7 Å². The summed E-state index contributed by atoms with van der Waals surface area (Å²) in [6.45, 7) is 0. The third-order valence-corrected chi connectivity index (χ3v) is 4.72. The Hall–Kier alpha value is -1.65. The fraction of sp³-hybridized carbons (Fsp3) is 0.133. The van der Waals surface area contributed by atoms with E-state index in [1.165, 1.54) is 12.1 Å². The Morgan fingerprint density at radius 2 is 2.10 bits per heavy atom. The maximum Gasteiger partial charge on any atom is 0.232 e. The molecule has 1 aliphatic heterocycles. The Bertz CT molecular complexity index is 675. The molecule has 5 heteroatoms. The SMILES string of the molecule is O=C(Nc1ccc(O)cc1Cl)C1CSc2ccccc21. The molecule has 1 heterocycles. The Morgan fingerprint density at radius 1 is 1.30 bits per heavy atom. The number of anilines is 1. The van der Waals surface area contributed by atoms with Crippen LogP contribution in [0.3, 0.4) is 0 Å². The van der Waals surface area contributed by atoms with Crippen molar-refractivity contribution in [3.8, 4) is 5.75 Å². The van der Waals surface area contributed by atoms with Crippen LogP contribution < -0.4 is 5.32 Å². The average Bonchev–Trinajstić information content (AvgIpc) is 2.86. The van der Waals surface area contributed by atoms with Gasteiger partial charge < -0.3 is 10.4 Å². The van der Waals surface area contributed by atoms with Crippen LogP contribution in [0.1, 0.15) is 11.5 Å². The van der Waals surface area contributed by atoms with Crippen LogP contribution in [0.2, 0.25) is 5.02 Å². The van der Waals surface area contributed by atoms with Crippen molar-refractivity contribution in [1.29, 1.82) is 0 Å². The van der Waals surface area contributed by atoms with Gasteiger partial charge in [0, 0.05) is 16.7 Å². The highest BCUT2D eigenvalue weighted by Crippen LogP contribution is 2.40. The highest BCUT2D eigenvalue weighted by molar-refractivity contribution is 7.99. The number of rotatable bonds is 2. The van der Waals surface area contributed by atoms with E-state index < -0.39 is 0 Å². The summed E-state index contributed by atoms with van der Waals surface area (Å²) >= 11 is 7.69. The van der Waals surface area contributed by atoms with Crippen molar-refractivity contribution in [1.82, 2.24) is 0 Å². The highest BCUT2D eigenvalue weighted by atomic mass is 35.5. The molecule has 0 bridgehead atoms. The second-order valence-electron chi connectivity index (χ2n) is 4.55. The van der Waals surface area contributed by atoms with E-state index in [1.54, 1.807) is 17.8 Å². The van der Waals surface area contributed by atoms with Crippen molar-refractivity contribution in [2.75, 3.05) is 11.1 Å². The Kier molecular flexibility index (Phi) is 3.59. The minimum atomic E-state index is -0.166. The molecule has 0 radical (unpaired) electrons. The molecule has 1 atom stereocenters. The van der Waals surface area contributed by atoms with E-state index in [4.69, 9.17) is 11.6 Å². The topological polar surface area (TPSA) is 49.3 Å². The zero-order valence-electron chi connectivity index (χ0n) is 10.5. The minimum absolute atomic E-state index is 0.0740.